The van der Waals surface area contributed by atoms with Crippen LogP contribution in [-0.2, 0) is 0 Å². The number of halogens is 1. The van der Waals surface area contributed by atoms with E-state index < -0.39 is 28.7 Å². The highest BCUT2D eigenvalue weighted by atomic mass is 19.1. The number of hydrogen-bond donors (Lipinski definition) is 3. The Balaban J connectivity index is 2.29. The molecule has 2 aromatic rings. The number of carboxylic acid groups (broad SMARTS) is 1. The molecular weight excluding hydrogens is 267 g/mol. The molecule has 0 atom stereocenters. The first kappa shape index (κ1) is 13.5. The zero-order valence-corrected chi connectivity index (χ0v) is 10.0. The fourth-order valence-corrected chi connectivity index (χ4v) is 1.56. The van der Waals surface area contributed by atoms with Gasteiger partial charge >= 0.3 is 5.97 Å². The Morgan fingerprint density at radius 3 is 2.60 bits per heavy atom. The normalized spacial score (nSPS) is 10.1. The zero-order valence-electron chi connectivity index (χ0n) is 10.0. The molecule has 1 aromatic carbocycles. The molecule has 2 rings (SSSR count). The van der Waals surface area contributed by atoms with Gasteiger partial charge in [0.2, 0.25) is 0 Å². The molecule has 1 aromatic heterocycles. The largest absolute Gasteiger partial charge is 0.478 e. The van der Waals surface area contributed by atoms with Crippen molar-refractivity contribution < 1.29 is 19.1 Å². The van der Waals surface area contributed by atoms with Crippen molar-refractivity contribution in [1.29, 1.82) is 0 Å². The fraction of sp³-hybridized carbons (Fsp3) is 0. The first-order valence-corrected chi connectivity index (χ1v) is 5.50. The van der Waals surface area contributed by atoms with E-state index in [4.69, 9.17) is 5.11 Å². The molecule has 0 unspecified atom stereocenters. The number of pyridine rings is 1. The van der Waals surface area contributed by atoms with Gasteiger partial charge in [-0.3, -0.25) is 9.59 Å². The number of aromatic amines is 1. The van der Waals surface area contributed by atoms with Crippen molar-refractivity contribution in [2.45, 2.75) is 0 Å². The van der Waals surface area contributed by atoms with Gasteiger partial charge in [-0.1, -0.05) is 0 Å². The second kappa shape index (κ2) is 5.35. The smallest absolute Gasteiger partial charge is 0.338 e. The second-order valence-corrected chi connectivity index (χ2v) is 3.88. The van der Waals surface area contributed by atoms with Gasteiger partial charge in [0, 0.05) is 24.1 Å². The van der Waals surface area contributed by atoms with Gasteiger partial charge in [-0.05, 0) is 18.2 Å². The summed E-state index contributed by atoms with van der Waals surface area (Å²) < 4.78 is 13.2. The average Bonchev–Trinajstić information content (AvgIpc) is 2.41. The highest BCUT2D eigenvalue weighted by Crippen LogP contribution is 2.15. The lowest BCUT2D eigenvalue weighted by Gasteiger charge is -2.06. The highest BCUT2D eigenvalue weighted by Gasteiger charge is 2.14. The number of aromatic carboxylic acids is 1. The molecule has 20 heavy (non-hydrogen) atoms. The first-order valence-electron chi connectivity index (χ1n) is 5.50. The van der Waals surface area contributed by atoms with Crippen LogP contribution in [0, 0.1) is 5.82 Å². The molecule has 0 saturated carbocycles. The summed E-state index contributed by atoms with van der Waals surface area (Å²) >= 11 is 0. The van der Waals surface area contributed by atoms with Crippen LogP contribution in [0.4, 0.5) is 10.1 Å². The number of anilines is 1. The standard InChI is InChI=1S/C13H9FN2O4/c14-10-2-1-7(5-8(10)13(19)20)16-12(18)9-6-15-4-3-11(9)17/h1-6H,(H,15,17)(H,16,18)(H,19,20). The lowest BCUT2D eigenvalue weighted by atomic mass is 10.2. The van der Waals surface area contributed by atoms with Crippen LogP contribution in [0.15, 0.2) is 41.5 Å². The molecule has 7 heteroatoms. The molecule has 0 aliphatic heterocycles. The second-order valence-electron chi connectivity index (χ2n) is 3.88. The summed E-state index contributed by atoms with van der Waals surface area (Å²) in [7, 11) is 0. The first-order chi connectivity index (χ1) is 9.49. The molecule has 3 N–H and O–H groups in total. The predicted octanol–water partition coefficient (Wildman–Crippen LogP) is 1.46. The monoisotopic (exact) mass is 276 g/mol. The number of carboxylic acids is 1. The minimum Gasteiger partial charge on any atom is -0.478 e. The van der Waals surface area contributed by atoms with E-state index in [1.165, 1.54) is 24.5 Å². The van der Waals surface area contributed by atoms with E-state index in [1.807, 2.05) is 0 Å². The van der Waals surface area contributed by atoms with Gasteiger partial charge in [-0.15, -0.1) is 0 Å². The predicted molar refractivity (Wildman–Crippen MR) is 68.4 cm³/mol. The molecule has 0 fully saturated rings. The number of rotatable bonds is 3. The van der Waals surface area contributed by atoms with Crippen molar-refractivity contribution in [3.05, 3.63) is 63.8 Å². The third-order valence-corrected chi connectivity index (χ3v) is 2.52. The summed E-state index contributed by atoms with van der Waals surface area (Å²) in [6.07, 6.45) is 2.60. The number of nitrogens with one attached hydrogen (secondary N) is 2. The molecule has 0 spiro atoms. The maximum atomic E-state index is 13.2. The molecule has 6 nitrogen and oxygen atoms in total. The van der Waals surface area contributed by atoms with Crippen LogP contribution in [0.1, 0.15) is 20.7 Å². The summed E-state index contributed by atoms with van der Waals surface area (Å²) in [5.41, 5.74) is -1.10. The number of benzene rings is 1. The van der Waals surface area contributed by atoms with Crippen molar-refractivity contribution in [3.8, 4) is 0 Å². The summed E-state index contributed by atoms with van der Waals surface area (Å²) in [5.74, 6) is -3.07. The molecular formula is C13H9FN2O4. The lowest BCUT2D eigenvalue weighted by molar-refractivity contribution is 0.0691. The SMILES string of the molecule is O=C(O)c1cc(NC(=O)c2c[nH]ccc2=O)ccc1F. The molecule has 0 bridgehead atoms. The van der Waals surface area contributed by atoms with E-state index in [9.17, 15) is 18.8 Å². The lowest BCUT2D eigenvalue weighted by Crippen LogP contribution is -2.21. The van der Waals surface area contributed by atoms with Gasteiger partial charge < -0.3 is 15.4 Å². The van der Waals surface area contributed by atoms with Gasteiger partial charge in [0.25, 0.3) is 5.91 Å². The zero-order chi connectivity index (χ0) is 14.7. The van der Waals surface area contributed by atoms with Crippen LogP contribution in [0.5, 0.6) is 0 Å². The Labute approximate surface area is 111 Å². The van der Waals surface area contributed by atoms with Gasteiger partial charge in [0.1, 0.15) is 11.4 Å². The summed E-state index contributed by atoms with van der Waals surface area (Å²) in [6, 6.07) is 4.29. The highest BCUT2D eigenvalue weighted by molar-refractivity contribution is 6.04. The number of carbonyl (C=O) groups excluding carboxylic acids is 1. The maximum absolute atomic E-state index is 13.2. The van der Waals surface area contributed by atoms with E-state index in [2.05, 4.69) is 10.3 Å². The molecule has 1 heterocycles. The molecule has 0 aliphatic carbocycles. The number of carbonyl (C=O) groups is 2. The minimum atomic E-state index is -1.45. The van der Waals surface area contributed by atoms with E-state index in [0.717, 1.165) is 12.1 Å². The van der Waals surface area contributed by atoms with E-state index in [0.29, 0.717) is 0 Å². The minimum absolute atomic E-state index is 0.0806. The third-order valence-electron chi connectivity index (χ3n) is 2.52. The summed E-state index contributed by atoms with van der Waals surface area (Å²) in [6.45, 7) is 0. The third kappa shape index (κ3) is 2.72. The quantitative estimate of drug-likeness (QED) is 0.790. The Hall–Kier alpha value is -2.96. The van der Waals surface area contributed by atoms with Crippen LogP contribution in [-0.4, -0.2) is 22.0 Å². The fourth-order valence-electron chi connectivity index (χ4n) is 1.56. The van der Waals surface area contributed by atoms with Crippen LogP contribution in [0.2, 0.25) is 0 Å². The summed E-state index contributed by atoms with van der Waals surface area (Å²) in [4.78, 5) is 36.6. The molecule has 1 amide bonds. The van der Waals surface area contributed by atoms with E-state index in [1.54, 1.807) is 0 Å². The number of H-pyrrole nitrogens is 1. The van der Waals surface area contributed by atoms with Crippen molar-refractivity contribution >= 4 is 17.6 Å². The average molecular weight is 276 g/mol. The molecule has 0 aliphatic rings. The van der Waals surface area contributed by atoms with Crippen LogP contribution in [0.25, 0.3) is 0 Å². The number of amides is 1. The number of hydrogen-bond acceptors (Lipinski definition) is 3. The molecule has 0 radical (unpaired) electrons. The van der Waals surface area contributed by atoms with Crippen LogP contribution < -0.4 is 10.7 Å². The van der Waals surface area contributed by atoms with E-state index >= 15 is 0 Å². The van der Waals surface area contributed by atoms with E-state index in [-0.39, 0.29) is 11.3 Å². The van der Waals surface area contributed by atoms with Gasteiger partial charge in [-0.2, -0.15) is 0 Å². The van der Waals surface area contributed by atoms with Crippen molar-refractivity contribution in [2.75, 3.05) is 5.32 Å². The summed E-state index contributed by atoms with van der Waals surface area (Å²) in [5, 5.41) is 11.1. The van der Waals surface area contributed by atoms with Gasteiger partial charge in [0.05, 0.1) is 5.56 Å². The van der Waals surface area contributed by atoms with Gasteiger partial charge in [0.15, 0.2) is 5.43 Å². The van der Waals surface area contributed by atoms with Gasteiger partial charge in [-0.25, -0.2) is 9.18 Å². The Morgan fingerprint density at radius 1 is 1.20 bits per heavy atom. The van der Waals surface area contributed by atoms with Crippen molar-refractivity contribution in [2.24, 2.45) is 0 Å². The van der Waals surface area contributed by atoms with Crippen LogP contribution in [0.3, 0.4) is 0 Å². The Bertz CT molecular complexity index is 739. The number of aromatic nitrogens is 1. The maximum Gasteiger partial charge on any atom is 0.338 e. The topological polar surface area (TPSA) is 99.3 Å². The van der Waals surface area contributed by atoms with Crippen molar-refractivity contribution in [1.82, 2.24) is 4.98 Å². The van der Waals surface area contributed by atoms with Crippen LogP contribution >= 0.6 is 0 Å². The molecule has 0 saturated heterocycles. The Kier molecular flexibility index (Phi) is 3.60. The molecule has 102 valence electrons. The van der Waals surface area contributed by atoms with Crippen molar-refractivity contribution in [3.63, 3.8) is 0 Å². The Morgan fingerprint density at radius 2 is 1.95 bits per heavy atom.